The lowest BCUT2D eigenvalue weighted by Gasteiger charge is -2.37. The molecule has 2 heteroatoms. The largest absolute Gasteiger partial charge is 0.311 e. The molecule has 4 aliphatic rings. The van der Waals surface area contributed by atoms with Crippen molar-refractivity contribution in [2.45, 2.75) is 43.9 Å². The van der Waals surface area contributed by atoms with Crippen molar-refractivity contribution < 1.29 is 0 Å². The van der Waals surface area contributed by atoms with Gasteiger partial charge in [0.15, 0.2) is 0 Å². The fourth-order valence-electron chi connectivity index (χ4n) is 14.1. The minimum atomic E-state index is -0.752. The number of fused-ring (bicyclic) bond motifs is 16. The summed E-state index contributed by atoms with van der Waals surface area (Å²) < 4.78 is 2.64. The van der Waals surface area contributed by atoms with E-state index in [9.17, 15) is 0 Å². The molecule has 73 heavy (non-hydrogen) atoms. The SMILES string of the molecule is CC1(C)c2ccccc2-c2ccc(N(c3ccc4c(c3)C(C)(C)c3ccccc3-4)c3cccc4c3C3(c5ccccc5-4)c4ccccc4-c4c(-c5ccccc5)c(-c5ccccc5)n(-c5ccccc5)c43)cc21. The molecule has 0 radical (unpaired) electrons. The Morgan fingerprint density at radius 2 is 0.753 bits per heavy atom. The molecule has 10 aromatic carbocycles. The third-order valence-corrected chi connectivity index (χ3v) is 17.2. The van der Waals surface area contributed by atoms with E-state index >= 15 is 0 Å². The van der Waals surface area contributed by atoms with E-state index in [1.54, 1.807) is 0 Å². The van der Waals surface area contributed by atoms with Gasteiger partial charge in [-0.25, -0.2) is 0 Å². The molecule has 1 aromatic heterocycles. The molecule has 0 saturated heterocycles. The van der Waals surface area contributed by atoms with Crippen LogP contribution in [0.4, 0.5) is 17.1 Å². The first-order valence-corrected chi connectivity index (χ1v) is 25.9. The van der Waals surface area contributed by atoms with Crippen molar-refractivity contribution in [3.8, 4) is 72.6 Å². The highest BCUT2D eigenvalue weighted by Crippen LogP contribution is 2.69. The van der Waals surface area contributed by atoms with Gasteiger partial charge in [0.1, 0.15) is 0 Å². The van der Waals surface area contributed by atoms with Gasteiger partial charge in [-0.2, -0.15) is 0 Å². The van der Waals surface area contributed by atoms with Crippen LogP contribution in [0.25, 0.3) is 72.6 Å². The summed E-state index contributed by atoms with van der Waals surface area (Å²) in [5.74, 6) is 0. The Morgan fingerprint density at radius 3 is 1.32 bits per heavy atom. The zero-order chi connectivity index (χ0) is 48.8. The molecule has 0 bridgehead atoms. The molecule has 0 fully saturated rings. The second-order valence-electron chi connectivity index (χ2n) is 21.5. The molecule has 4 aliphatic carbocycles. The Bertz CT molecular complexity index is 3930. The van der Waals surface area contributed by atoms with Crippen molar-refractivity contribution in [1.82, 2.24) is 4.57 Å². The number of nitrogens with zero attached hydrogens (tertiary/aromatic N) is 2. The average molecular weight is 933 g/mol. The van der Waals surface area contributed by atoms with Crippen LogP contribution in [0.15, 0.2) is 243 Å². The smallest absolute Gasteiger partial charge is 0.0902 e. The number of anilines is 3. The van der Waals surface area contributed by atoms with E-state index in [4.69, 9.17) is 0 Å². The Balaban J connectivity index is 1.09. The average Bonchev–Trinajstić information content (AvgIpc) is 4.18. The number of rotatable bonds is 6. The van der Waals surface area contributed by atoms with Gasteiger partial charge in [0.05, 0.1) is 22.5 Å². The molecule has 1 atom stereocenters. The molecular weight excluding hydrogens is 881 g/mol. The highest BCUT2D eigenvalue weighted by molar-refractivity contribution is 6.07. The molecule has 15 rings (SSSR count). The molecule has 0 N–H and O–H groups in total. The van der Waals surface area contributed by atoms with E-state index in [0.29, 0.717) is 0 Å². The van der Waals surface area contributed by atoms with E-state index in [0.717, 1.165) is 17.1 Å². The van der Waals surface area contributed by atoms with Gasteiger partial charge in [-0.05, 0) is 126 Å². The summed E-state index contributed by atoms with van der Waals surface area (Å²) in [6, 6.07) is 91.7. The van der Waals surface area contributed by atoms with Crippen LogP contribution in [0, 0.1) is 0 Å². The van der Waals surface area contributed by atoms with Crippen LogP contribution in [0.5, 0.6) is 0 Å². The fraction of sp³-hybridized carbons (Fsp3) is 0.0986. The molecule has 0 amide bonds. The lowest BCUT2D eigenvalue weighted by Crippen LogP contribution is -2.31. The number of para-hydroxylation sites is 1. The van der Waals surface area contributed by atoms with Gasteiger partial charge in [0.2, 0.25) is 0 Å². The molecular formula is C71H52N2. The molecule has 0 saturated carbocycles. The van der Waals surface area contributed by atoms with Crippen LogP contribution in [0.2, 0.25) is 0 Å². The Labute approximate surface area is 428 Å². The molecule has 1 heterocycles. The zero-order valence-corrected chi connectivity index (χ0v) is 41.5. The Kier molecular flexibility index (Phi) is 8.72. The summed E-state index contributed by atoms with van der Waals surface area (Å²) in [5, 5.41) is 0. The van der Waals surface area contributed by atoms with Crippen LogP contribution in [-0.2, 0) is 16.2 Å². The van der Waals surface area contributed by atoms with Crippen LogP contribution >= 0.6 is 0 Å². The number of benzene rings is 10. The normalized spacial score (nSPS) is 16.2. The van der Waals surface area contributed by atoms with Crippen molar-refractivity contribution in [2.75, 3.05) is 4.90 Å². The second-order valence-corrected chi connectivity index (χ2v) is 21.5. The summed E-state index contributed by atoms with van der Waals surface area (Å²) in [5.41, 5.74) is 29.2. The van der Waals surface area contributed by atoms with Gasteiger partial charge in [-0.15, -0.1) is 0 Å². The summed E-state index contributed by atoms with van der Waals surface area (Å²) in [6.07, 6.45) is 0. The molecule has 11 aromatic rings. The predicted octanol–water partition coefficient (Wildman–Crippen LogP) is 18.2. The molecule has 346 valence electrons. The van der Waals surface area contributed by atoms with Crippen molar-refractivity contribution in [3.63, 3.8) is 0 Å². The Morgan fingerprint density at radius 1 is 0.329 bits per heavy atom. The van der Waals surface area contributed by atoms with E-state index < -0.39 is 5.41 Å². The summed E-state index contributed by atoms with van der Waals surface area (Å²) in [6.45, 7) is 9.60. The van der Waals surface area contributed by atoms with Gasteiger partial charge in [-0.3, -0.25) is 0 Å². The third-order valence-electron chi connectivity index (χ3n) is 17.2. The second kappa shape index (κ2) is 15.2. The van der Waals surface area contributed by atoms with E-state index in [-0.39, 0.29) is 10.8 Å². The number of hydrogen-bond acceptors (Lipinski definition) is 1. The fourth-order valence-corrected chi connectivity index (χ4v) is 14.1. The van der Waals surface area contributed by atoms with Crippen LogP contribution in [0.3, 0.4) is 0 Å². The lowest BCUT2D eigenvalue weighted by molar-refractivity contribution is 0.660. The van der Waals surface area contributed by atoms with Gasteiger partial charge < -0.3 is 9.47 Å². The van der Waals surface area contributed by atoms with Crippen molar-refractivity contribution in [3.05, 3.63) is 287 Å². The highest BCUT2D eigenvalue weighted by atomic mass is 15.2. The molecule has 2 nitrogen and oxygen atoms in total. The monoisotopic (exact) mass is 932 g/mol. The van der Waals surface area contributed by atoms with Gasteiger partial charge in [0.25, 0.3) is 0 Å². The topological polar surface area (TPSA) is 8.17 Å². The maximum Gasteiger partial charge on any atom is 0.0902 e. The van der Waals surface area contributed by atoms with Crippen LogP contribution in [0.1, 0.15) is 72.3 Å². The summed E-state index contributed by atoms with van der Waals surface area (Å²) >= 11 is 0. The van der Waals surface area contributed by atoms with Crippen LogP contribution < -0.4 is 4.90 Å². The highest BCUT2D eigenvalue weighted by Gasteiger charge is 2.57. The molecule has 0 aliphatic heterocycles. The van der Waals surface area contributed by atoms with E-state index in [1.807, 2.05) is 0 Å². The van der Waals surface area contributed by atoms with Crippen molar-refractivity contribution in [2.24, 2.45) is 0 Å². The predicted molar refractivity (Wildman–Crippen MR) is 303 cm³/mol. The summed E-state index contributed by atoms with van der Waals surface area (Å²) in [7, 11) is 0. The quantitative estimate of drug-likeness (QED) is 0.161. The standard InChI is InChI=1S/C71H52N2/c1-69(2)57-34-18-14-29-50(57)53-41-39-48(43-61(53)69)72(49-40-42-54-51-30-15-19-35-58(51)70(3,4)62(54)44-49)63-38-22-33-55-52-31-16-20-36-59(52)71(66(55)63)60-37-21-17-32-56(60)65-64(45-23-8-5-9-24-45)67(46-25-10-6-11-26-46)73(68(65)71)47-27-12-7-13-28-47/h5-44H,1-4H3. The first-order valence-electron chi connectivity index (χ1n) is 25.9. The van der Waals surface area contributed by atoms with Crippen LogP contribution in [-0.4, -0.2) is 4.57 Å². The van der Waals surface area contributed by atoms with Gasteiger partial charge >= 0.3 is 0 Å². The number of aromatic nitrogens is 1. The summed E-state index contributed by atoms with van der Waals surface area (Å²) in [4.78, 5) is 2.62. The first kappa shape index (κ1) is 42.0. The third kappa shape index (κ3) is 5.53. The first-order chi connectivity index (χ1) is 35.8. The maximum atomic E-state index is 2.64. The van der Waals surface area contributed by atoms with Gasteiger partial charge in [0, 0.05) is 44.6 Å². The number of hydrogen-bond donors (Lipinski definition) is 0. The zero-order valence-electron chi connectivity index (χ0n) is 41.5. The van der Waals surface area contributed by atoms with E-state index in [1.165, 1.54) is 117 Å². The lowest BCUT2D eigenvalue weighted by atomic mass is 9.71. The van der Waals surface area contributed by atoms with E-state index in [2.05, 4.69) is 280 Å². The minimum absolute atomic E-state index is 0.192. The van der Waals surface area contributed by atoms with Gasteiger partial charge in [-0.1, -0.05) is 228 Å². The van der Waals surface area contributed by atoms with Crippen molar-refractivity contribution in [1.29, 1.82) is 0 Å². The minimum Gasteiger partial charge on any atom is -0.311 e. The Hall–Kier alpha value is -8.72. The molecule has 1 spiro atoms. The maximum absolute atomic E-state index is 2.64. The van der Waals surface area contributed by atoms with Crippen molar-refractivity contribution >= 4 is 17.1 Å². The molecule has 1 unspecified atom stereocenters.